The third-order valence-corrected chi connectivity index (χ3v) is 11.1. The van der Waals surface area contributed by atoms with Crippen molar-refractivity contribution in [3.8, 4) is 44.8 Å². The van der Waals surface area contributed by atoms with Crippen LogP contribution in [-0.2, 0) is 0 Å². The van der Waals surface area contributed by atoms with Gasteiger partial charge in [0.05, 0.1) is 27.8 Å². The predicted octanol–water partition coefficient (Wildman–Crippen LogP) is 14.0. The molecule has 2 aromatic heterocycles. The molecule has 0 aliphatic carbocycles. The summed E-state index contributed by atoms with van der Waals surface area (Å²) in [6.45, 7) is 0. The van der Waals surface area contributed by atoms with Crippen molar-refractivity contribution in [3.63, 3.8) is 0 Å². The third kappa shape index (κ3) is 4.74. The third-order valence-electron chi connectivity index (χ3n) is 11.1. The number of nitrogens with zero attached hydrogens (tertiary/aromatic N) is 2. The highest BCUT2D eigenvalue weighted by atomic mass is 15.0. The Morgan fingerprint density at radius 2 is 0.852 bits per heavy atom. The molecule has 0 atom stereocenters. The summed E-state index contributed by atoms with van der Waals surface area (Å²) >= 11 is 0. The fraction of sp³-hybridized carbons (Fsp3) is 0. The highest BCUT2D eigenvalue weighted by molar-refractivity contribution is 6.22. The van der Waals surface area contributed by atoms with Crippen molar-refractivity contribution in [1.29, 1.82) is 0 Å². The van der Waals surface area contributed by atoms with Crippen LogP contribution in [0.3, 0.4) is 0 Å². The molecule has 0 unspecified atom stereocenters. The van der Waals surface area contributed by atoms with Crippen LogP contribution in [0.5, 0.6) is 0 Å². The maximum absolute atomic E-state index is 2.46. The first-order valence-corrected chi connectivity index (χ1v) is 18.6. The summed E-state index contributed by atoms with van der Waals surface area (Å²) in [4.78, 5) is 0. The topological polar surface area (TPSA) is 9.86 Å². The molecule has 0 saturated heterocycles. The van der Waals surface area contributed by atoms with Gasteiger partial charge in [-0.25, -0.2) is 0 Å². The molecule has 0 aliphatic heterocycles. The lowest BCUT2D eigenvalue weighted by atomic mass is 9.99. The van der Waals surface area contributed by atoms with Crippen LogP contribution in [-0.4, -0.2) is 9.13 Å². The maximum atomic E-state index is 2.46. The smallest absolute Gasteiger partial charge is 0.0547 e. The Kier molecular flexibility index (Phi) is 6.90. The van der Waals surface area contributed by atoms with Gasteiger partial charge in [0.25, 0.3) is 0 Å². The molecule has 54 heavy (non-hydrogen) atoms. The van der Waals surface area contributed by atoms with Crippen LogP contribution in [0.25, 0.3) is 99.1 Å². The molecule has 0 N–H and O–H groups in total. The molecule has 2 heterocycles. The van der Waals surface area contributed by atoms with Crippen molar-refractivity contribution in [2.45, 2.75) is 0 Å². The number of benzene rings is 9. The van der Waals surface area contributed by atoms with Crippen LogP contribution in [0.4, 0.5) is 0 Å². The lowest BCUT2D eigenvalue weighted by molar-refractivity contribution is 1.18. The Bertz CT molecular complexity index is 3200. The van der Waals surface area contributed by atoms with E-state index in [1.165, 1.54) is 93.5 Å². The van der Waals surface area contributed by atoms with E-state index in [1.807, 2.05) is 0 Å². The lowest BCUT2D eigenvalue weighted by Crippen LogP contribution is -1.97. The van der Waals surface area contributed by atoms with Gasteiger partial charge in [0.2, 0.25) is 0 Å². The molecule has 0 saturated carbocycles. The molecule has 2 nitrogen and oxygen atoms in total. The number of para-hydroxylation sites is 2. The largest absolute Gasteiger partial charge is 0.309 e. The molecule has 0 fully saturated rings. The molecule has 11 aromatic rings. The number of fused-ring (bicyclic) bond motifs is 8. The predicted molar refractivity (Wildman–Crippen MR) is 229 cm³/mol. The van der Waals surface area contributed by atoms with Crippen LogP contribution in [0, 0.1) is 0 Å². The highest BCUT2D eigenvalue weighted by Crippen LogP contribution is 2.42. The van der Waals surface area contributed by atoms with Crippen molar-refractivity contribution >= 4 is 54.4 Å². The second kappa shape index (κ2) is 12.2. The first kappa shape index (κ1) is 30.5. The van der Waals surface area contributed by atoms with Gasteiger partial charge in [0.1, 0.15) is 0 Å². The van der Waals surface area contributed by atoms with E-state index in [1.54, 1.807) is 0 Å². The second-order valence-electron chi connectivity index (χ2n) is 14.1. The standard InChI is InChI=1S/C52H34N2/c1-3-14-35(15-4-1)38-19-13-20-41(32-38)53-48-25-12-10-23-44(48)45-33-39(27-29-49(45)53)40-28-30-50-46(34-40)52-43-22-8-7-18-37(43)26-31-51(52)54(50)47-24-11-9-21-42(47)36-16-5-2-6-17-36/h1-34H. The quantitative estimate of drug-likeness (QED) is 0.171. The van der Waals surface area contributed by atoms with Crippen LogP contribution in [0.15, 0.2) is 206 Å². The number of rotatable bonds is 5. The molecule has 252 valence electrons. The van der Waals surface area contributed by atoms with E-state index in [0.717, 1.165) is 5.69 Å². The number of aromatic nitrogens is 2. The van der Waals surface area contributed by atoms with E-state index in [2.05, 4.69) is 215 Å². The summed E-state index contributed by atoms with van der Waals surface area (Å²) in [5.41, 5.74) is 14.4. The van der Waals surface area contributed by atoms with Gasteiger partial charge in [0.15, 0.2) is 0 Å². The van der Waals surface area contributed by atoms with Crippen LogP contribution < -0.4 is 0 Å². The van der Waals surface area contributed by atoms with Gasteiger partial charge >= 0.3 is 0 Å². The minimum absolute atomic E-state index is 1.16. The van der Waals surface area contributed by atoms with Crippen molar-refractivity contribution in [2.24, 2.45) is 0 Å². The summed E-state index contributed by atoms with van der Waals surface area (Å²) < 4.78 is 4.87. The molecule has 0 bridgehead atoms. The van der Waals surface area contributed by atoms with Crippen LogP contribution in [0.2, 0.25) is 0 Å². The molecule has 2 heteroatoms. The zero-order valence-corrected chi connectivity index (χ0v) is 29.5. The van der Waals surface area contributed by atoms with Crippen molar-refractivity contribution in [2.75, 3.05) is 0 Å². The van der Waals surface area contributed by atoms with Crippen molar-refractivity contribution < 1.29 is 0 Å². The van der Waals surface area contributed by atoms with Gasteiger partial charge in [-0.1, -0.05) is 152 Å². The van der Waals surface area contributed by atoms with Gasteiger partial charge in [-0.2, -0.15) is 0 Å². The lowest BCUT2D eigenvalue weighted by Gasteiger charge is -2.14. The molecular weight excluding hydrogens is 653 g/mol. The Balaban J connectivity index is 1.13. The summed E-state index contributed by atoms with van der Waals surface area (Å²) in [7, 11) is 0. The van der Waals surface area contributed by atoms with Crippen LogP contribution >= 0.6 is 0 Å². The molecular formula is C52H34N2. The highest BCUT2D eigenvalue weighted by Gasteiger charge is 2.19. The van der Waals surface area contributed by atoms with E-state index < -0.39 is 0 Å². The fourth-order valence-electron chi connectivity index (χ4n) is 8.65. The average molecular weight is 687 g/mol. The van der Waals surface area contributed by atoms with Gasteiger partial charge < -0.3 is 9.13 Å². The first-order chi connectivity index (χ1) is 26.8. The fourth-order valence-corrected chi connectivity index (χ4v) is 8.65. The Morgan fingerprint density at radius 1 is 0.278 bits per heavy atom. The second-order valence-corrected chi connectivity index (χ2v) is 14.1. The molecule has 0 radical (unpaired) electrons. The minimum atomic E-state index is 1.16. The van der Waals surface area contributed by atoms with E-state index in [9.17, 15) is 0 Å². The molecule has 0 spiro atoms. The summed E-state index contributed by atoms with van der Waals surface area (Å²) in [5, 5.41) is 7.55. The Morgan fingerprint density at radius 3 is 1.67 bits per heavy atom. The summed E-state index contributed by atoms with van der Waals surface area (Å²) in [6, 6.07) is 75.2. The average Bonchev–Trinajstić information content (AvgIpc) is 3.77. The Hall–Kier alpha value is -7.16. The van der Waals surface area contributed by atoms with E-state index in [0.29, 0.717) is 0 Å². The van der Waals surface area contributed by atoms with E-state index in [-0.39, 0.29) is 0 Å². The summed E-state index contributed by atoms with van der Waals surface area (Å²) in [5.74, 6) is 0. The number of hydrogen-bond acceptors (Lipinski definition) is 0. The normalized spacial score (nSPS) is 11.7. The van der Waals surface area contributed by atoms with Gasteiger partial charge in [0, 0.05) is 32.8 Å². The molecule has 9 aromatic carbocycles. The zero-order chi connectivity index (χ0) is 35.6. The van der Waals surface area contributed by atoms with Gasteiger partial charge in [-0.15, -0.1) is 0 Å². The van der Waals surface area contributed by atoms with Crippen LogP contribution in [0.1, 0.15) is 0 Å². The maximum Gasteiger partial charge on any atom is 0.0547 e. The molecule has 11 rings (SSSR count). The van der Waals surface area contributed by atoms with E-state index >= 15 is 0 Å². The van der Waals surface area contributed by atoms with Gasteiger partial charge in [-0.05, 0) is 93.2 Å². The first-order valence-electron chi connectivity index (χ1n) is 18.6. The number of hydrogen-bond donors (Lipinski definition) is 0. The zero-order valence-electron chi connectivity index (χ0n) is 29.5. The van der Waals surface area contributed by atoms with Gasteiger partial charge in [-0.3, -0.25) is 0 Å². The van der Waals surface area contributed by atoms with Crippen molar-refractivity contribution in [1.82, 2.24) is 9.13 Å². The van der Waals surface area contributed by atoms with E-state index in [4.69, 9.17) is 0 Å². The summed E-state index contributed by atoms with van der Waals surface area (Å²) in [6.07, 6.45) is 0. The monoisotopic (exact) mass is 686 g/mol. The molecule has 0 aliphatic rings. The van der Waals surface area contributed by atoms with Crippen molar-refractivity contribution in [3.05, 3.63) is 206 Å². The Labute approximate surface area is 313 Å². The minimum Gasteiger partial charge on any atom is -0.309 e. The molecule has 0 amide bonds. The SMILES string of the molecule is c1ccc(-c2cccc(-n3c4ccccc4c4cc(-c5ccc6c(c5)c5c7ccccc7ccc5n6-c5ccccc5-c5ccccc5)ccc43)c2)cc1.